The van der Waals surface area contributed by atoms with E-state index in [2.05, 4.69) is 26.0 Å². The van der Waals surface area contributed by atoms with Crippen molar-refractivity contribution in [1.29, 1.82) is 0 Å². The highest BCUT2D eigenvalue weighted by atomic mass is 35.5. The minimum Gasteiger partial charge on any atom is -0.494 e. The molecular formula is C18H20ClFO. The fourth-order valence-corrected chi connectivity index (χ4v) is 2.54. The molecule has 0 heterocycles. The normalized spacial score (nSPS) is 13.8. The van der Waals surface area contributed by atoms with Gasteiger partial charge in [0, 0.05) is 0 Å². The summed E-state index contributed by atoms with van der Waals surface area (Å²) in [5.41, 5.74) is 3.13. The third-order valence-corrected chi connectivity index (χ3v) is 4.38. The van der Waals surface area contributed by atoms with E-state index in [1.807, 2.05) is 12.1 Å². The van der Waals surface area contributed by atoms with Crippen molar-refractivity contribution in [2.45, 2.75) is 31.6 Å². The highest BCUT2D eigenvalue weighted by Gasteiger charge is 2.14. The summed E-state index contributed by atoms with van der Waals surface area (Å²) in [7, 11) is 1.45. The molecule has 0 radical (unpaired) electrons. The van der Waals surface area contributed by atoms with Gasteiger partial charge in [-0.3, -0.25) is 0 Å². The van der Waals surface area contributed by atoms with Crippen molar-refractivity contribution in [2.75, 3.05) is 7.11 Å². The minimum atomic E-state index is -0.378. The maximum atomic E-state index is 13.4. The van der Waals surface area contributed by atoms with Crippen LogP contribution >= 0.6 is 11.6 Å². The van der Waals surface area contributed by atoms with Crippen LogP contribution in [0, 0.1) is 5.82 Å². The summed E-state index contributed by atoms with van der Waals surface area (Å²) in [5.74, 6) is 0.380. The molecule has 0 spiro atoms. The van der Waals surface area contributed by atoms with Gasteiger partial charge in [0.15, 0.2) is 11.6 Å². The summed E-state index contributed by atoms with van der Waals surface area (Å²) in [6, 6.07) is 13.0. The maximum absolute atomic E-state index is 13.4. The van der Waals surface area contributed by atoms with Crippen molar-refractivity contribution in [2.24, 2.45) is 0 Å². The number of benzene rings is 2. The summed E-state index contributed by atoms with van der Waals surface area (Å²) in [6.07, 6.45) is 1.11. The van der Waals surface area contributed by atoms with Gasteiger partial charge in [-0.2, -0.15) is 0 Å². The molecule has 0 aliphatic carbocycles. The molecule has 2 atom stereocenters. The van der Waals surface area contributed by atoms with E-state index in [-0.39, 0.29) is 16.9 Å². The molecule has 0 fully saturated rings. The number of halogens is 2. The van der Waals surface area contributed by atoms with Crippen molar-refractivity contribution in [3.63, 3.8) is 0 Å². The molecule has 1 nitrogen and oxygen atoms in total. The number of ether oxygens (including phenoxy) is 1. The van der Waals surface area contributed by atoms with Crippen LogP contribution in [0.15, 0.2) is 42.5 Å². The zero-order valence-corrected chi connectivity index (χ0v) is 13.3. The van der Waals surface area contributed by atoms with Crippen LogP contribution < -0.4 is 4.74 Å². The number of hydrogen-bond acceptors (Lipinski definition) is 1. The van der Waals surface area contributed by atoms with Gasteiger partial charge in [0.1, 0.15) is 0 Å². The predicted octanol–water partition coefficient (Wildman–Crippen LogP) is 5.68. The maximum Gasteiger partial charge on any atom is 0.165 e. The highest BCUT2D eigenvalue weighted by molar-refractivity contribution is 6.22. The molecule has 0 saturated heterocycles. The van der Waals surface area contributed by atoms with Crippen molar-refractivity contribution >= 4 is 11.6 Å². The minimum absolute atomic E-state index is 0.217. The first-order valence-corrected chi connectivity index (χ1v) is 7.57. The zero-order chi connectivity index (χ0) is 15.4. The fraction of sp³-hybridized carbons (Fsp3) is 0.333. The third kappa shape index (κ3) is 3.56. The lowest BCUT2D eigenvalue weighted by molar-refractivity contribution is 0.386. The smallest absolute Gasteiger partial charge is 0.165 e. The van der Waals surface area contributed by atoms with Gasteiger partial charge in [-0.1, -0.05) is 44.2 Å². The molecule has 112 valence electrons. The van der Waals surface area contributed by atoms with Crippen LogP contribution in [0.25, 0.3) is 0 Å². The Balaban J connectivity index is 2.25. The van der Waals surface area contributed by atoms with Gasteiger partial charge >= 0.3 is 0 Å². The van der Waals surface area contributed by atoms with Gasteiger partial charge in [0.05, 0.1) is 12.5 Å². The average molecular weight is 307 g/mol. The van der Waals surface area contributed by atoms with Crippen LogP contribution in [-0.4, -0.2) is 7.11 Å². The standard InChI is InChI=1S/C18H20ClFO/c1-4-12(2)13-5-7-14(8-6-13)18(19)15-9-10-16(20)17(11-15)21-3/h5-12,18H,4H2,1-3H3. The molecule has 0 bridgehead atoms. The molecule has 0 aliphatic heterocycles. The van der Waals surface area contributed by atoms with E-state index in [0.29, 0.717) is 5.92 Å². The molecule has 2 aromatic rings. The van der Waals surface area contributed by atoms with E-state index in [4.69, 9.17) is 16.3 Å². The van der Waals surface area contributed by atoms with Crippen molar-refractivity contribution in [3.05, 3.63) is 65.0 Å². The molecule has 0 amide bonds. The molecule has 0 aromatic heterocycles. The average Bonchev–Trinajstić information content (AvgIpc) is 2.54. The molecule has 3 heteroatoms. The van der Waals surface area contributed by atoms with Gasteiger partial charge in [-0.25, -0.2) is 4.39 Å². The van der Waals surface area contributed by atoms with Crippen LogP contribution in [0.5, 0.6) is 5.75 Å². The number of hydrogen-bond donors (Lipinski definition) is 0. The number of rotatable bonds is 5. The Kier molecular flexibility index (Phi) is 5.24. The van der Waals surface area contributed by atoms with E-state index >= 15 is 0 Å². The van der Waals surface area contributed by atoms with Crippen LogP contribution in [0.3, 0.4) is 0 Å². The molecule has 21 heavy (non-hydrogen) atoms. The zero-order valence-electron chi connectivity index (χ0n) is 12.6. The first-order chi connectivity index (χ1) is 10.1. The Hall–Kier alpha value is -1.54. The van der Waals surface area contributed by atoms with Crippen LogP contribution in [-0.2, 0) is 0 Å². The Bertz CT molecular complexity index is 595. The Morgan fingerprint density at radius 2 is 1.62 bits per heavy atom. The summed E-state index contributed by atoms with van der Waals surface area (Å²) < 4.78 is 18.5. The fourth-order valence-electron chi connectivity index (χ4n) is 2.26. The van der Waals surface area contributed by atoms with E-state index in [0.717, 1.165) is 17.5 Å². The van der Waals surface area contributed by atoms with Crippen molar-refractivity contribution in [3.8, 4) is 5.75 Å². The summed E-state index contributed by atoms with van der Waals surface area (Å²) >= 11 is 6.50. The monoisotopic (exact) mass is 306 g/mol. The van der Waals surface area contributed by atoms with Crippen LogP contribution in [0.2, 0.25) is 0 Å². The van der Waals surface area contributed by atoms with Gasteiger partial charge in [0.2, 0.25) is 0 Å². The van der Waals surface area contributed by atoms with Gasteiger partial charge in [0.25, 0.3) is 0 Å². The summed E-state index contributed by atoms with van der Waals surface area (Å²) in [5, 5.41) is -0.314. The topological polar surface area (TPSA) is 9.23 Å². The molecule has 0 N–H and O–H groups in total. The van der Waals surface area contributed by atoms with E-state index in [9.17, 15) is 4.39 Å². The largest absolute Gasteiger partial charge is 0.494 e. The predicted molar refractivity (Wildman–Crippen MR) is 85.8 cm³/mol. The van der Waals surface area contributed by atoms with Gasteiger partial charge < -0.3 is 4.74 Å². The lowest BCUT2D eigenvalue weighted by atomic mass is 9.96. The first-order valence-electron chi connectivity index (χ1n) is 7.14. The molecule has 0 saturated carbocycles. The second-order valence-corrected chi connectivity index (χ2v) is 5.67. The molecule has 2 aromatic carbocycles. The third-order valence-electron chi connectivity index (χ3n) is 3.88. The van der Waals surface area contributed by atoms with E-state index in [1.165, 1.54) is 18.7 Å². The summed E-state index contributed by atoms with van der Waals surface area (Å²) in [6.45, 7) is 4.38. The molecule has 2 unspecified atom stereocenters. The number of alkyl halides is 1. The quantitative estimate of drug-likeness (QED) is 0.646. The van der Waals surface area contributed by atoms with Crippen LogP contribution in [0.1, 0.15) is 48.3 Å². The Morgan fingerprint density at radius 3 is 2.19 bits per heavy atom. The highest BCUT2D eigenvalue weighted by Crippen LogP contribution is 2.32. The Morgan fingerprint density at radius 1 is 1.05 bits per heavy atom. The van der Waals surface area contributed by atoms with Gasteiger partial charge in [-0.15, -0.1) is 11.6 Å². The van der Waals surface area contributed by atoms with E-state index < -0.39 is 0 Å². The number of methoxy groups -OCH3 is 1. The Labute approximate surface area is 130 Å². The van der Waals surface area contributed by atoms with E-state index in [1.54, 1.807) is 12.1 Å². The molecular weight excluding hydrogens is 287 g/mol. The first kappa shape index (κ1) is 15.8. The van der Waals surface area contributed by atoms with Gasteiger partial charge in [-0.05, 0) is 41.2 Å². The molecule has 0 aliphatic rings. The summed E-state index contributed by atoms with van der Waals surface area (Å²) in [4.78, 5) is 0. The lowest BCUT2D eigenvalue weighted by Crippen LogP contribution is -1.97. The van der Waals surface area contributed by atoms with Crippen molar-refractivity contribution < 1.29 is 9.13 Å². The lowest BCUT2D eigenvalue weighted by Gasteiger charge is -2.14. The second kappa shape index (κ2) is 6.95. The van der Waals surface area contributed by atoms with Crippen molar-refractivity contribution in [1.82, 2.24) is 0 Å². The van der Waals surface area contributed by atoms with Crippen LogP contribution in [0.4, 0.5) is 4.39 Å². The second-order valence-electron chi connectivity index (χ2n) is 5.23. The molecule has 2 rings (SSSR count). The SMILES string of the molecule is CCC(C)c1ccc(C(Cl)c2ccc(F)c(OC)c2)cc1.